The van der Waals surface area contributed by atoms with E-state index in [2.05, 4.69) is 6.92 Å². The van der Waals surface area contributed by atoms with Crippen molar-refractivity contribution in [3.05, 3.63) is 69.0 Å². The molecule has 2 aliphatic rings. The Balaban J connectivity index is 1.65. The molecule has 2 fully saturated rings. The molecular weight excluding hydrogens is 474 g/mol. The van der Waals surface area contributed by atoms with Crippen molar-refractivity contribution in [2.24, 2.45) is 5.92 Å². The molecule has 1 aromatic heterocycles. The van der Waals surface area contributed by atoms with Crippen LogP contribution in [0.25, 0.3) is 10.9 Å². The lowest BCUT2D eigenvalue weighted by Gasteiger charge is -2.25. The zero-order valence-electron chi connectivity index (χ0n) is 20.0. The summed E-state index contributed by atoms with van der Waals surface area (Å²) < 4.78 is 63.4. The summed E-state index contributed by atoms with van der Waals surface area (Å²) in [6.45, 7) is 6.23. The molecule has 3 aromatic rings. The fraction of sp³-hybridized carbons (Fsp3) is 0.423. The molecule has 0 unspecified atom stereocenters. The van der Waals surface area contributed by atoms with Crippen LogP contribution in [0.1, 0.15) is 48.9 Å². The molecule has 0 radical (unpaired) electrons. The average molecular weight is 503 g/mol. The summed E-state index contributed by atoms with van der Waals surface area (Å²) in [5.41, 5.74) is 1.51. The van der Waals surface area contributed by atoms with Crippen LogP contribution in [0.15, 0.2) is 40.0 Å². The molecule has 1 atom stereocenters. The normalized spacial score (nSPS) is 18.5. The predicted octanol–water partition coefficient (Wildman–Crippen LogP) is 4.98. The minimum absolute atomic E-state index is 0.0124. The number of aromatic nitrogens is 1. The van der Waals surface area contributed by atoms with Crippen molar-refractivity contribution in [3.8, 4) is 0 Å². The highest BCUT2D eigenvalue weighted by atomic mass is 32.2. The number of rotatable bonds is 6. The minimum atomic E-state index is -4.16. The SMILES string of the molecule is Cc1ccc(S(=O)(=O)OCc2cc(=O)n(C3CC3)c3c(C)c(N4CC[C@H](C)C4)c(F)c(F)c23)cc1. The molecule has 35 heavy (non-hydrogen) atoms. The second kappa shape index (κ2) is 8.71. The van der Waals surface area contributed by atoms with E-state index < -0.39 is 28.4 Å². The number of aryl methyl sites for hydroxylation is 2. The van der Waals surface area contributed by atoms with Crippen LogP contribution >= 0.6 is 0 Å². The van der Waals surface area contributed by atoms with Crippen LogP contribution in [0, 0.1) is 31.4 Å². The lowest BCUT2D eigenvalue weighted by atomic mass is 10.0. The molecule has 186 valence electrons. The van der Waals surface area contributed by atoms with Crippen LogP contribution in [0.3, 0.4) is 0 Å². The Morgan fingerprint density at radius 2 is 1.74 bits per heavy atom. The van der Waals surface area contributed by atoms with E-state index in [1.807, 2.05) is 11.8 Å². The number of fused-ring (bicyclic) bond motifs is 1. The maximum Gasteiger partial charge on any atom is 0.297 e. The van der Waals surface area contributed by atoms with E-state index in [-0.39, 0.29) is 33.1 Å². The summed E-state index contributed by atoms with van der Waals surface area (Å²) >= 11 is 0. The summed E-state index contributed by atoms with van der Waals surface area (Å²) in [4.78, 5) is 14.9. The minimum Gasteiger partial charge on any atom is -0.369 e. The molecule has 0 N–H and O–H groups in total. The topological polar surface area (TPSA) is 68.6 Å². The van der Waals surface area contributed by atoms with Crippen molar-refractivity contribution in [1.82, 2.24) is 4.57 Å². The Morgan fingerprint density at radius 1 is 1.06 bits per heavy atom. The summed E-state index contributed by atoms with van der Waals surface area (Å²) in [6.07, 6.45) is 2.43. The monoisotopic (exact) mass is 502 g/mol. The number of nitrogens with zero attached hydrogens (tertiary/aromatic N) is 2. The van der Waals surface area contributed by atoms with Crippen LogP contribution < -0.4 is 10.5 Å². The summed E-state index contributed by atoms with van der Waals surface area (Å²) in [5, 5.41) is -0.0957. The highest BCUT2D eigenvalue weighted by molar-refractivity contribution is 7.86. The molecule has 6 nitrogen and oxygen atoms in total. The van der Waals surface area contributed by atoms with Crippen molar-refractivity contribution in [1.29, 1.82) is 0 Å². The third-order valence-electron chi connectivity index (χ3n) is 7.00. The van der Waals surface area contributed by atoms with Gasteiger partial charge in [-0.25, -0.2) is 8.78 Å². The number of hydrogen-bond donors (Lipinski definition) is 0. The van der Waals surface area contributed by atoms with Gasteiger partial charge < -0.3 is 9.47 Å². The first-order valence-corrected chi connectivity index (χ1v) is 13.3. The molecular formula is C26H28F2N2O4S. The largest absolute Gasteiger partial charge is 0.369 e. The van der Waals surface area contributed by atoms with Crippen molar-refractivity contribution in [3.63, 3.8) is 0 Å². The molecule has 0 amide bonds. The van der Waals surface area contributed by atoms with Crippen molar-refractivity contribution in [2.75, 3.05) is 18.0 Å². The van der Waals surface area contributed by atoms with E-state index in [9.17, 15) is 13.2 Å². The maximum atomic E-state index is 15.7. The highest BCUT2D eigenvalue weighted by Crippen LogP contribution is 2.42. The van der Waals surface area contributed by atoms with Gasteiger partial charge in [0.05, 0.1) is 22.7 Å². The molecule has 1 saturated carbocycles. The van der Waals surface area contributed by atoms with E-state index in [0.29, 0.717) is 30.1 Å². The molecule has 0 spiro atoms. The number of anilines is 1. The second-order valence-electron chi connectivity index (χ2n) is 9.80. The van der Waals surface area contributed by atoms with E-state index in [1.54, 1.807) is 19.1 Å². The molecule has 1 aliphatic heterocycles. The van der Waals surface area contributed by atoms with Gasteiger partial charge in [0.1, 0.15) is 0 Å². The smallest absolute Gasteiger partial charge is 0.297 e. The molecule has 9 heteroatoms. The van der Waals surface area contributed by atoms with Gasteiger partial charge in [0.2, 0.25) is 0 Å². The fourth-order valence-corrected chi connectivity index (χ4v) is 5.90. The Hall–Kier alpha value is -2.78. The predicted molar refractivity (Wildman–Crippen MR) is 130 cm³/mol. The Bertz CT molecular complexity index is 1480. The van der Waals surface area contributed by atoms with Gasteiger partial charge in [0.25, 0.3) is 15.7 Å². The van der Waals surface area contributed by atoms with E-state index in [0.717, 1.165) is 24.8 Å². The maximum absolute atomic E-state index is 15.7. The summed E-state index contributed by atoms with van der Waals surface area (Å²) in [6, 6.07) is 7.21. The quantitative estimate of drug-likeness (QED) is 0.445. The first-order chi connectivity index (χ1) is 16.6. The van der Waals surface area contributed by atoms with E-state index in [1.165, 1.54) is 22.8 Å². The fourth-order valence-electron chi connectivity index (χ4n) is 5.01. The molecule has 1 aliphatic carbocycles. The molecule has 2 heterocycles. The van der Waals surface area contributed by atoms with Crippen molar-refractivity contribution >= 4 is 26.7 Å². The molecule has 2 aromatic carbocycles. The lowest BCUT2D eigenvalue weighted by molar-refractivity contribution is 0.308. The third kappa shape index (κ3) is 4.25. The van der Waals surface area contributed by atoms with Crippen LogP contribution in [-0.2, 0) is 20.9 Å². The number of pyridine rings is 1. The average Bonchev–Trinajstić information content (AvgIpc) is 3.56. The first-order valence-electron chi connectivity index (χ1n) is 11.8. The number of halogens is 2. The van der Waals surface area contributed by atoms with Crippen LogP contribution in [0.2, 0.25) is 0 Å². The second-order valence-corrected chi connectivity index (χ2v) is 11.4. The highest BCUT2D eigenvalue weighted by Gasteiger charge is 2.33. The summed E-state index contributed by atoms with van der Waals surface area (Å²) in [5.74, 6) is -1.71. The van der Waals surface area contributed by atoms with Crippen LogP contribution in [-0.4, -0.2) is 26.1 Å². The van der Waals surface area contributed by atoms with Gasteiger partial charge in [-0.15, -0.1) is 0 Å². The Kier molecular flexibility index (Phi) is 5.96. The van der Waals surface area contributed by atoms with Crippen LogP contribution in [0.4, 0.5) is 14.5 Å². The van der Waals surface area contributed by atoms with Crippen molar-refractivity contribution in [2.45, 2.75) is 57.6 Å². The van der Waals surface area contributed by atoms with Gasteiger partial charge in [0, 0.05) is 36.1 Å². The zero-order chi connectivity index (χ0) is 25.1. The Labute approximate surface area is 203 Å². The van der Waals surface area contributed by atoms with Crippen molar-refractivity contribution < 1.29 is 21.4 Å². The van der Waals surface area contributed by atoms with Crippen LogP contribution in [0.5, 0.6) is 0 Å². The number of hydrogen-bond acceptors (Lipinski definition) is 5. The summed E-state index contributed by atoms with van der Waals surface area (Å²) in [7, 11) is -4.16. The van der Waals surface area contributed by atoms with Gasteiger partial charge in [-0.2, -0.15) is 8.42 Å². The van der Waals surface area contributed by atoms with Gasteiger partial charge >= 0.3 is 0 Å². The number of benzene rings is 2. The molecule has 1 saturated heterocycles. The first kappa shape index (κ1) is 23.9. The molecule has 0 bridgehead atoms. The van der Waals surface area contributed by atoms with Gasteiger partial charge in [-0.3, -0.25) is 8.98 Å². The van der Waals surface area contributed by atoms with Gasteiger partial charge in [-0.1, -0.05) is 24.6 Å². The lowest BCUT2D eigenvalue weighted by Crippen LogP contribution is -2.26. The van der Waals surface area contributed by atoms with Gasteiger partial charge in [-0.05, 0) is 56.7 Å². The third-order valence-corrected chi connectivity index (χ3v) is 8.27. The van der Waals surface area contributed by atoms with E-state index >= 15 is 8.78 Å². The Morgan fingerprint density at radius 3 is 2.34 bits per heavy atom. The standard InChI is InChI=1S/C26H28F2N2O4S/c1-15-4-8-20(9-5-15)35(32,33)34-14-18-12-21(31)30(19-6-7-19)25-17(3)26(24(28)23(27)22(18)25)29-11-10-16(2)13-29/h4-5,8-9,12,16,19H,6-7,10-11,13-14H2,1-3H3/t16-/m0/s1. The molecule has 5 rings (SSSR count). The zero-order valence-corrected chi connectivity index (χ0v) is 20.8. The van der Waals surface area contributed by atoms with E-state index in [4.69, 9.17) is 4.18 Å². The van der Waals surface area contributed by atoms with Gasteiger partial charge in [0.15, 0.2) is 11.6 Å².